The van der Waals surface area contributed by atoms with Crippen molar-refractivity contribution >= 4 is 41.0 Å². The van der Waals surface area contributed by atoms with Gasteiger partial charge in [0.1, 0.15) is 16.8 Å². The van der Waals surface area contributed by atoms with E-state index in [4.69, 9.17) is 27.9 Å². The molecule has 3 rings (SSSR count). The molecule has 146 valence electrons. The van der Waals surface area contributed by atoms with Crippen molar-refractivity contribution in [1.82, 2.24) is 15.5 Å². The van der Waals surface area contributed by atoms with Crippen molar-refractivity contribution < 1.29 is 19.1 Å². The second-order valence-electron chi connectivity index (χ2n) is 6.73. The lowest BCUT2D eigenvalue weighted by Crippen LogP contribution is -2.39. The predicted octanol–water partition coefficient (Wildman–Crippen LogP) is 2.70. The summed E-state index contributed by atoms with van der Waals surface area (Å²) in [7, 11) is 1.55. The molecule has 0 bridgehead atoms. The summed E-state index contributed by atoms with van der Waals surface area (Å²) in [4.78, 5) is 36.8. The molecule has 2 fully saturated rings. The molecule has 0 aromatic heterocycles. The molecule has 9 heteroatoms. The van der Waals surface area contributed by atoms with Crippen molar-refractivity contribution in [3.05, 3.63) is 27.7 Å². The van der Waals surface area contributed by atoms with Crippen molar-refractivity contribution in [3.63, 3.8) is 0 Å². The highest BCUT2D eigenvalue weighted by Crippen LogP contribution is 2.38. The number of benzene rings is 1. The van der Waals surface area contributed by atoms with Crippen molar-refractivity contribution in [2.45, 2.75) is 37.6 Å². The molecular formula is C18H21Cl2N3O4. The van der Waals surface area contributed by atoms with Gasteiger partial charge in [0.15, 0.2) is 0 Å². The van der Waals surface area contributed by atoms with E-state index in [0.717, 1.165) is 18.4 Å². The predicted molar refractivity (Wildman–Crippen MR) is 101 cm³/mol. The quantitative estimate of drug-likeness (QED) is 0.726. The molecule has 2 aliphatic heterocycles. The van der Waals surface area contributed by atoms with Crippen LogP contribution in [-0.4, -0.2) is 49.0 Å². The van der Waals surface area contributed by atoms with Gasteiger partial charge in [0.2, 0.25) is 5.91 Å². The summed E-state index contributed by atoms with van der Waals surface area (Å²) >= 11 is 12.3. The molecule has 2 heterocycles. The topological polar surface area (TPSA) is 87.7 Å². The van der Waals surface area contributed by atoms with E-state index in [-0.39, 0.29) is 24.2 Å². The van der Waals surface area contributed by atoms with Crippen LogP contribution < -0.4 is 15.4 Å². The number of urea groups is 1. The maximum absolute atomic E-state index is 12.4. The van der Waals surface area contributed by atoms with Gasteiger partial charge in [0, 0.05) is 19.5 Å². The van der Waals surface area contributed by atoms with Gasteiger partial charge in [-0.05, 0) is 42.9 Å². The van der Waals surface area contributed by atoms with E-state index in [1.165, 1.54) is 0 Å². The smallest absolute Gasteiger partial charge is 0.322 e. The first-order valence-corrected chi connectivity index (χ1v) is 9.56. The average Bonchev–Trinajstić information content (AvgIpc) is 2.99. The van der Waals surface area contributed by atoms with E-state index in [9.17, 15) is 14.4 Å². The number of piperidine rings is 1. The number of hydrogen-bond acceptors (Lipinski definition) is 4. The molecule has 0 radical (unpaired) electrons. The number of ether oxygens (including phenoxy) is 1. The molecule has 2 aliphatic rings. The number of likely N-dealkylation sites (tertiary alicyclic amines) is 1. The van der Waals surface area contributed by atoms with Crippen LogP contribution in [0.25, 0.3) is 0 Å². The summed E-state index contributed by atoms with van der Waals surface area (Å²) in [6, 6.07) is 2.63. The zero-order valence-corrected chi connectivity index (χ0v) is 16.4. The van der Waals surface area contributed by atoms with Crippen LogP contribution in [0.15, 0.2) is 12.1 Å². The number of nitrogens with zero attached hydrogens (tertiary/aromatic N) is 1. The maximum atomic E-state index is 12.4. The fourth-order valence-electron chi connectivity index (χ4n) is 3.52. The first-order chi connectivity index (χ1) is 12.9. The summed E-state index contributed by atoms with van der Waals surface area (Å²) < 4.78 is 5.27. The fourth-order valence-corrected chi connectivity index (χ4v) is 3.92. The highest BCUT2D eigenvalue weighted by atomic mass is 35.5. The number of imide groups is 1. The third-order valence-electron chi connectivity index (χ3n) is 5.06. The molecule has 0 spiro atoms. The Balaban J connectivity index is 1.53. The summed E-state index contributed by atoms with van der Waals surface area (Å²) in [5.74, 6) is 0.446. The number of carbonyl (C=O) groups excluding carboxylic acids is 3. The van der Waals surface area contributed by atoms with Crippen molar-refractivity contribution in [2.24, 2.45) is 0 Å². The normalized spacial score (nSPS) is 20.4. The highest BCUT2D eigenvalue weighted by molar-refractivity contribution is 6.43. The molecule has 27 heavy (non-hydrogen) atoms. The Morgan fingerprint density at radius 1 is 1.26 bits per heavy atom. The van der Waals surface area contributed by atoms with Crippen molar-refractivity contribution in [3.8, 4) is 5.75 Å². The average molecular weight is 414 g/mol. The third-order valence-corrected chi connectivity index (χ3v) is 5.85. The Kier molecular flexibility index (Phi) is 6.11. The van der Waals surface area contributed by atoms with Crippen LogP contribution >= 0.6 is 23.2 Å². The summed E-state index contributed by atoms with van der Waals surface area (Å²) in [6.07, 6.45) is 2.16. The molecule has 2 N–H and O–H groups in total. The van der Waals surface area contributed by atoms with Gasteiger partial charge in [-0.3, -0.25) is 14.9 Å². The molecular weight excluding hydrogens is 393 g/mol. The Bertz CT molecular complexity index is 763. The van der Waals surface area contributed by atoms with E-state index < -0.39 is 12.1 Å². The minimum absolute atomic E-state index is 0.00545. The zero-order chi connectivity index (χ0) is 19.6. The molecule has 1 unspecified atom stereocenters. The third kappa shape index (κ3) is 4.47. The molecule has 1 atom stereocenters. The van der Waals surface area contributed by atoms with Crippen LogP contribution in [0, 0.1) is 0 Å². The van der Waals surface area contributed by atoms with Crippen LogP contribution in [0.5, 0.6) is 5.75 Å². The highest BCUT2D eigenvalue weighted by Gasteiger charge is 2.31. The van der Waals surface area contributed by atoms with Gasteiger partial charge in [0.05, 0.1) is 12.1 Å². The summed E-state index contributed by atoms with van der Waals surface area (Å²) in [5, 5.41) is 5.53. The molecule has 1 aromatic rings. The number of amides is 4. The van der Waals surface area contributed by atoms with Crippen molar-refractivity contribution in [2.75, 3.05) is 20.2 Å². The van der Waals surface area contributed by atoms with Gasteiger partial charge >= 0.3 is 6.03 Å². The van der Waals surface area contributed by atoms with Gasteiger partial charge in [-0.25, -0.2) is 4.79 Å². The summed E-state index contributed by atoms with van der Waals surface area (Å²) in [6.45, 7) is 1.27. The Hall–Kier alpha value is -1.99. The lowest BCUT2D eigenvalue weighted by molar-refractivity contribution is -0.132. The van der Waals surface area contributed by atoms with Crippen LogP contribution in [-0.2, 0) is 9.59 Å². The summed E-state index contributed by atoms with van der Waals surface area (Å²) in [5.41, 5.74) is 1.05. The Labute approximate surface area is 167 Å². The van der Waals surface area contributed by atoms with Crippen molar-refractivity contribution in [1.29, 1.82) is 0 Å². The van der Waals surface area contributed by atoms with Crippen LogP contribution in [0.1, 0.15) is 37.2 Å². The van der Waals surface area contributed by atoms with E-state index in [1.807, 2.05) is 12.1 Å². The minimum Gasteiger partial charge on any atom is -0.495 e. The van der Waals surface area contributed by atoms with E-state index in [1.54, 1.807) is 12.0 Å². The van der Waals surface area contributed by atoms with Gasteiger partial charge in [0.25, 0.3) is 5.91 Å². The monoisotopic (exact) mass is 413 g/mol. The molecule has 4 amide bonds. The number of halogens is 2. The lowest BCUT2D eigenvalue weighted by Gasteiger charge is -2.32. The molecule has 0 aliphatic carbocycles. The van der Waals surface area contributed by atoms with E-state index in [0.29, 0.717) is 35.3 Å². The number of hydrogen-bond donors (Lipinski definition) is 2. The maximum Gasteiger partial charge on any atom is 0.322 e. The number of carbonyl (C=O) groups is 3. The van der Waals surface area contributed by atoms with Gasteiger partial charge in [-0.15, -0.1) is 0 Å². The van der Waals surface area contributed by atoms with Gasteiger partial charge in [-0.1, -0.05) is 23.2 Å². The number of methoxy groups -OCH3 is 1. The first-order valence-electron chi connectivity index (χ1n) is 8.81. The van der Waals surface area contributed by atoms with E-state index in [2.05, 4.69) is 10.6 Å². The Morgan fingerprint density at radius 2 is 1.96 bits per heavy atom. The lowest BCUT2D eigenvalue weighted by atomic mass is 9.89. The van der Waals surface area contributed by atoms with E-state index >= 15 is 0 Å². The van der Waals surface area contributed by atoms with Crippen LogP contribution in [0.2, 0.25) is 10.0 Å². The second kappa shape index (κ2) is 8.35. The molecule has 2 saturated heterocycles. The van der Waals surface area contributed by atoms with Crippen LogP contribution in [0.3, 0.4) is 0 Å². The molecule has 1 aromatic carbocycles. The SMILES string of the molecule is COc1cc(C2CCN(C(=O)CCC3NC(=O)NC3=O)CC2)cc(Cl)c1Cl. The number of nitrogens with one attached hydrogen (secondary N) is 2. The molecule has 7 nitrogen and oxygen atoms in total. The fraction of sp³-hybridized carbons (Fsp3) is 0.500. The Morgan fingerprint density at radius 3 is 2.56 bits per heavy atom. The standard InChI is InChI=1S/C18H21Cl2N3O4/c1-27-14-9-11(8-12(19)16(14)20)10-4-6-23(7-5-10)15(24)3-2-13-17(25)22-18(26)21-13/h8-10,13H,2-7H2,1H3,(H2,21,22,25,26). The molecule has 0 saturated carbocycles. The van der Waals surface area contributed by atoms with Gasteiger partial charge < -0.3 is 15.0 Å². The number of rotatable bonds is 5. The van der Waals surface area contributed by atoms with Gasteiger partial charge in [-0.2, -0.15) is 0 Å². The first kappa shape index (κ1) is 19.8. The second-order valence-corrected chi connectivity index (χ2v) is 7.51. The minimum atomic E-state index is -0.623. The largest absolute Gasteiger partial charge is 0.495 e. The van der Waals surface area contributed by atoms with Crippen LogP contribution in [0.4, 0.5) is 4.79 Å². The zero-order valence-electron chi connectivity index (χ0n) is 14.9.